The van der Waals surface area contributed by atoms with Crippen molar-refractivity contribution in [1.82, 2.24) is 20.3 Å². The molecule has 2 aromatic carbocycles. The summed E-state index contributed by atoms with van der Waals surface area (Å²) in [6, 6.07) is 11.1. The van der Waals surface area contributed by atoms with Crippen molar-refractivity contribution in [2.45, 2.75) is 20.3 Å². The first-order valence-corrected chi connectivity index (χ1v) is 8.49. The normalized spacial score (nSPS) is 10.7. The predicted octanol–water partition coefficient (Wildman–Crippen LogP) is 3.61. The van der Waals surface area contributed by atoms with E-state index in [-0.39, 0.29) is 11.0 Å². The first-order valence-electron chi connectivity index (χ1n) is 7.70. The van der Waals surface area contributed by atoms with Crippen LogP contribution in [0, 0.1) is 6.92 Å². The van der Waals surface area contributed by atoms with Gasteiger partial charge in [0.15, 0.2) is 5.11 Å². The van der Waals surface area contributed by atoms with Crippen molar-refractivity contribution in [2.75, 3.05) is 5.32 Å². The minimum Gasteiger partial charge on any atom is -0.332 e. The summed E-state index contributed by atoms with van der Waals surface area (Å²) in [5, 5.41) is 15.4. The lowest BCUT2D eigenvalue weighted by Crippen LogP contribution is -2.33. The highest BCUT2D eigenvalue weighted by Gasteiger charge is 2.08. The number of nitrogens with one attached hydrogen (secondary N) is 2. The van der Waals surface area contributed by atoms with Crippen molar-refractivity contribution in [3.63, 3.8) is 0 Å². The summed E-state index contributed by atoms with van der Waals surface area (Å²) in [4.78, 5) is 12.9. The number of thiocarbonyl (C=S) groups is 1. The lowest BCUT2D eigenvalue weighted by molar-refractivity contribution is -0.119. The number of halogens is 1. The monoisotopic (exact) mass is 373 g/mol. The average molecular weight is 374 g/mol. The van der Waals surface area contributed by atoms with Crippen molar-refractivity contribution in [2.24, 2.45) is 0 Å². The number of fused-ring (bicyclic) bond motifs is 1. The second-order valence-electron chi connectivity index (χ2n) is 5.48. The maximum Gasteiger partial charge on any atom is 0.225 e. The number of nitrogens with zero attached hydrogens (tertiary/aromatic N) is 3. The van der Waals surface area contributed by atoms with Gasteiger partial charge in [0.2, 0.25) is 5.91 Å². The van der Waals surface area contributed by atoms with Gasteiger partial charge in [-0.15, -0.1) is 10.2 Å². The van der Waals surface area contributed by atoms with E-state index in [2.05, 4.69) is 20.8 Å². The Morgan fingerprint density at radius 3 is 2.68 bits per heavy atom. The van der Waals surface area contributed by atoms with Gasteiger partial charge in [0.1, 0.15) is 11.0 Å². The van der Waals surface area contributed by atoms with E-state index in [0.717, 1.165) is 22.5 Å². The third kappa shape index (κ3) is 3.94. The first-order chi connectivity index (χ1) is 12.0. The van der Waals surface area contributed by atoms with Crippen molar-refractivity contribution in [1.29, 1.82) is 0 Å². The summed E-state index contributed by atoms with van der Waals surface area (Å²) in [6.07, 6.45) is 0.369. The third-order valence-corrected chi connectivity index (χ3v) is 4.21. The molecule has 0 saturated heterocycles. The predicted molar refractivity (Wildman–Crippen MR) is 103 cm³/mol. The zero-order chi connectivity index (χ0) is 18.0. The van der Waals surface area contributed by atoms with Gasteiger partial charge in [-0.1, -0.05) is 24.6 Å². The number of hydrogen-bond acceptors (Lipinski definition) is 4. The number of amides is 1. The molecule has 0 aliphatic carbocycles. The van der Waals surface area contributed by atoms with Crippen LogP contribution in [0.25, 0.3) is 16.7 Å². The number of rotatable bonds is 3. The van der Waals surface area contributed by atoms with Gasteiger partial charge in [0, 0.05) is 17.1 Å². The van der Waals surface area contributed by atoms with Gasteiger partial charge in [-0.3, -0.25) is 4.79 Å². The lowest BCUT2D eigenvalue weighted by atomic mass is 10.2. The van der Waals surface area contributed by atoms with Gasteiger partial charge in [0.05, 0.1) is 5.69 Å². The molecule has 6 nitrogen and oxygen atoms in total. The number of anilines is 1. The molecule has 0 bridgehead atoms. The molecule has 3 aromatic rings. The Hall–Kier alpha value is -2.51. The quantitative estimate of drug-likeness (QED) is 0.686. The van der Waals surface area contributed by atoms with Crippen LogP contribution < -0.4 is 10.6 Å². The number of hydrogen-bond donors (Lipinski definition) is 2. The van der Waals surface area contributed by atoms with Gasteiger partial charge < -0.3 is 10.6 Å². The largest absolute Gasteiger partial charge is 0.332 e. The fourth-order valence-corrected chi connectivity index (χ4v) is 2.60. The Bertz CT molecular complexity index is 969. The standard InChI is InChI=1S/C17H16ClN5OS/c1-3-16(24)20-17(25)19-11-5-7-14-15(8-11)22-23(21-14)12-6-4-10(2)13(18)9-12/h4-9H,3H2,1-2H3,(H2,19,20,24,25). The van der Waals surface area contributed by atoms with Crippen LogP contribution in [0.4, 0.5) is 5.69 Å². The van der Waals surface area contributed by atoms with Crippen LogP contribution in [0.3, 0.4) is 0 Å². The van der Waals surface area contributed by atoms with E-state index in [9.17, 15) is 4.79 Å². The van der Waals surface area contributed by atoms with Crippen LogP contribution in [-0.4, -0.2) is 26.0 Å². The highest BCUT2D eigenvalue weighted by atomic mass is 35.5. The second kappa shape index (κ2) is 7.16. The summed E-state index contributed by atoms with van der Waals surface area (Å²) < 4.78 is 0. The van der Waals surface area contributed by atoms with Crippen LogP contribution in [0.15, 0.2) is 36.4 Å². The molecule has 0 spiro atoms. The fraction of sp³-hybridized carbons (Fsp3) is 0.176. The van der Waals surface area contributed by atoms with Crippen molar-refractivity contribution < 1.29 is 4.79 Å². The van der Waals surface area contributed by atoms with E-state index in [1.165, 1.54) is 4.80 Å². The highest BCUT2D eigenvalue weighted by molar-refractivity contribution is 7.80. The topological polar surface area (TPSA) is 71.8 Å². The van der Waals surface area contributed by atoms with E-state index in [1.54, 1.807) is 6.92 Å². The van der Waals surface area contributed by atoms with E-state index >= 15 is 0 Å². The molecule has 3 rings (SSSR count). The Morgan fingerprint density at radius 1 is 1.20 bits per heavy atom. The third-order valence-electron chi connectivity index (χ3n) is 3.60. The Kier molecular flexibility index (Phi) is 4.96. The van der Waals surface area contributed by atoms with Crippen molar-refractivity contribution in [3.05, 3.63) is 47.0 Å². The van der Waals surface area contributed by atoms with Crippen LogP contribution in [0.2, 0.25) is 5.02 Å². The fourth-order valence-electron chi connectivity index (χ4n) is 2.19. The number of carbonyl (C=O) groups is 1. The summed E-state index contributed by atoms with van der Waals surface area (Å²) in [5.41, 5.74) is 3.95. The van der Waals surface area contributed by atoms with Crippen molar-refractivity contribution in [3.8, 4) is 5.69 Å². The van der Waals surface area contributed by atoms with Crippen molar-refractivity contribution >= 4 is 51.6 Å². The van der Waals surface area contributed by atoms with Gasteiger partial charge >= 0.3 is 0 Å². The molecule has 1 aromatic heterocycles. The molecule has 0 aliphatic rings. The van der Waals surface area contributed by atoms with Crippen LogP contribution in [0.5, 0.6) is 0 Å². The summed E-state index contributed by atoms with van der Waals surface area (Å²) in [7, 11) is 0. The van der Waals surface area contributed by atoms with E-state index in [1.807, 2.05) is 43.3 Å². The average Bonchev–Trinajstić information content (AvgIpc) is 3.00. The maximum absolute atomic E-state index is 11.4. The van der Waals surface area contributed by atoms with Crippen LogP contribution in [0.1, 0.15) is 18.9 Å². The molecular formula is C17H16ClN5OS. The van der Waals surface area contributed by atoms with E-state index < -0.39 is 0 Å². The molecule has 8 heteroatoms. The minimum absolute atomic E-state index is 0.138. The molecule has 0 unspecified atom stereocenters. The molecule has 2 N–H and O–H groups in total. The smallest absolute Gasteiger partial charge is 0.225 e. The number of carbonyl (C=O) groups excluding carboxylic acids is 1. The Morgan fingerprint density at radius 2 is 1.96 bits per heavy atom. The number of aryl methyl sites for hydroxylation is 1. The van der Waals surface area contributed by atoms with E-state index in [4.69, 9.17) is 23.8 Å². The van der Waals surface area contributed by atoms with Crippen LogP contribution in [-0.2, 0) is 4.79 Å². The molecule has 128 valence electrons. The Balaban J connectivity index is 1.85. The number of benzene rings is 2. The zero-order valence-corrected chi connectivity index (χ0v) is 15.3. The van der Waals surface area contributed by atoms with Gasteiger partial charge in [-0.25, -0.2) is 0 Å². The Labute approximate surface area is 155 Å². The first kappa shape index (κ1) is 17.3. The molecule has 1 amide bonds. The second-order valence-corrected chi connectivity index (χ2v) is 6.30. The van der Waals surface area contributed by atoms with Gasteiger partial charge in [0.25, 0.3) is 0 Å². The van der Waals surface area contributed by atoms with E-state index in [0.29, 0.717) is 17.0 Å². The molecule has 0 radical (unpaired) electrons. The summed E-state index contributed by atoms with van der Waals surface area (Å²) >= 11 is 11.3. The molecular weight excluding hydrogens is 358 g/mol. The highest BCUT2D eigenvalue weighted by Crippen LogP contribution is 2.21. The maximum atomic E-state index is 11.4. The summed E-state index contributed by atoms with van der Waals surface area (Å²) in [6.45, 7) is 3.71. The zero-order valence-electron chi connectivity index (χ0n) is 13.7. The molecule has 0 saturated carbocycles. The molecule has 25 heavy (non-hydrogen) atoms. The molecule has 0 fully saturated rings. The van der Waals surface area contributed by atoms with Gasteiger partial charge in [-0.2, -0.15) is 4.80 Å². The van der Waals surface area contributed by atoms with Crippen LogP contribution >= 0.6 is 23.8 Å². The lowest BCUT2D eigenvalue weighted by Gasteiger charge is -2.08. The molecule has 1 heterocycles. The molecule has 0 aliphatic heterocycles. The SMILES string of the molecule is CCC(=O)NC(=S)Nc1ccc2nn(-c3ccc(C)c(Cl)c3)nc2c1. The molecule has 0 atom stereocenters. The number of aromatic nitrogens is 3. The summed E-state index contributed by atoms with van der Waals surface area (Å²) in [5.74, 6) is -0.138. The van der Waals surface area contributed by atoms with Gasteiger partial charge in [-0.05, 0) is 55.0 Å². The minimum atomic E-state index is -0.138.